The summed E-state index contributed by atoms with van der Waals surface area (Å²) in [5.41, 5.74) is -0.152. The average Bonchev–Trinajstić information content (AvgIpc) is 2.00. The Balaban J connectivity index is 5.19. The number of hydrogen-bond acceptors (Lipinski definition) is 3. The maximum atomic E-state index is 6.74. The van der Waals surface area contributed by atoms with E-state index in [1.165, 1.54) is 0 Å². The van der Waals surface area contributed by atoms with Crippen molar-refractivity contribution in [3.63, 3.8) is 0 Å². The van der Waals surface area contributed by atoms with Gasteiger partial charge >= 0.3 is 107 Å². The summed E-state index contributed by atoms with van der Waals surface area (Å²) in [4.78, 5) is 0. The predicted octanol–water partition coefficient (Wildman–Crippen LogP) is 2.84. The van der Waals surface area contributed by atoms with Crippen molar-refractivity contribution in [2.75, 3.05) is 13.1 Å². The molecule has 0 aliphatic carbocycles. The van der Waals surface area contributed by atoms with Crippen LogP contribution in [0.1, 0.15) is 55.4 Å². The molecule has 0 bridgehead atoms. The van der Waals surface area contributed by atoms with E-state index in [2.05, 4.69) is 58.5 Å². The van der Waals surface area contributed by atoms with Gasteiger partial charge in [0.2, 0.25) is 0 Å². The van der Waals surface area contributed by atoms with Crippen LogP contribution in [0.3, 0.4) is 0 Å². The van der Waals surface area contributed by atoms with E-state index in [0.29, 0.717) is 0 Å². The van der Waals surface area contributed by atoms with Crippen LogP contribution in [0, 0.1) is 0 Å². The van der Waals surface area contributed by atoms with Crippen LogP contribution in [0.2, 0.25) is 3.43 Å². The zero-order chi connectivity index (χ0) is 13.2. The summed E-state index contributed by atoms with van der Waals surface area (Å²) < 4.78 is 15.6. The molecule has 0 spiro atoms. The molecule has 0 aliphatic rings. The first-order chi connectivity index (χ1) is 6.98. The number of rotatable bonds is 4. The van der Waals surface area contributed by atoms with E-state index in [4.69, 9.17) is 7.03 Å². The topological polar surface area (TPSA) is 38.5 Å². The van der Waals surface area contributed by atoms with Crippen LogP contribution >= 0.6 is 0 Å². The van der Waals surface area contributed by atoms with Crippen LogP contribution in [0.15, 0.2) is 0 Å². The Labute approximate surface area is 107 Å². The van der Waals surface area contributed by atoms with Gasteiger partial charge in [-0.05, 0) is 0 Å². The van der Waals surface area contributed by atoms with Gasteiger partial charge in [0, 0.05) is 0 Å². The molecule has 0 rings (SSSR count). The maximum absolute atomic E-state index is 6.74. The Kier molecular flexibility index (Phi) is 5.78. The third-order valence-electron chi connectivity index (χ3n) is 2.77. The summed E-state index contributed by atoms with van der Waals surface area (Å²) in [6, 6.07) is 0. The van der Waals surface area contributed by atoms with E-state index in [0.717, 1.165) is 13.1 Å². The molecule has 1 atom stereocenters. The van der Waals surface area contributed by atoms with Gasteiger partial charge in [-0.2, -0.15) is 0 Å². The van der Waals surface area contributed by atoms with Gasteiger partial charge in [0.25, 0.3) is 0 Å². The molecule has 0 heterocycles. The predicted molar refractivity (Wildman–Crippen MR) is 73.4 cm³/mol. The van der Waals surface area contributed by atoms with Gasteiger partial charge in [-0.3, -0.25) is 0 Å². The van der Waals surface area contributed by atoms with Crippen molar-refractivity contribution in [1.29, 1.82) is 0 Å². The molecule has 0 saturated carbocycles. The Morgan fingerprint density at radius 1 is 1.00 bits per heavy atom. The van der Waals surface area contributed by atoms with Gasteiger partial charge in [-0.1, -0.05) is 0 Å². The molecule has 0 amide bonds. The monoisotopic (exact) mass is 338 g/mol. The first kappa shape index (κ1) is 16.7. The molecule has 0 aliphatic heterocycles. The second-order valence-electron chi connectivity index (χ2n) is 6.33. The minimum atomic E-state index is -3.23. The summed E-state index contributed by atoms with van der Waals surface area (Å²) in [6.45, 7) is 19.2. The van der Waals surface area contributed by atoms with Crippen LogP contribution in [0.4, 0.5) is 0 Å². The molecular formula is C12H30N2OSn. The standard InChI is InChI=1S/C4H10N.C4H9O.C4H9.H2N.Sn/c1-3-5-4-2;1-4(2,3)5;1-4(2)3;;/h3-4H2,1-2H3;1-3H3;1-3H3;1H2;/q2*-1;;-1;+3. The zero-order valence-electron chi connectivity index (χ0n) is 12.3. The summed E-state index contributed by atoms with van der Waals surface area (Å²) in [6.07, 6.45) is 0. The van der Waals surface area contributed by atoms with E-state index in [-0.39, 0.29) is 9.03 Å². The van der Waals surface area contributed by atoms with Crippen LogP contribution < -0.4 is 3.96 Å². The van der Waals surface area contributed by atoms with Crippen molar-refractivity contribution in [3.8, 4) is 0 Å². The summed E-state index contributed by atoms with van der Waals surface area (Å²) in [5.74, 6) is 0. The Hall–Kier alpha value is 0.679. The van der Waals surface area contributed by atoms with Crippen LogP contribution in [0.5, 0.6) is 0 Å². The third-order valence-corrected chi connectivity index (χ3v) is 16.0. The number of hydrogen-bond donors (Lipinski definition) is 1. The van der Waals surface area contributed by atoms with E-state index >= 15 is 0 Å². The van der Waals surface area contributed by atoms with E-state index in [1.54, 1.807) is 0 Å². The van der Waals surface area contributed by atoms with Gasteiger partial charge in [0.1, 0.15) is 0 Å². The van der Waals surface area contributed by atoms with Crippen molar-refractivity contribution >= 4 is 19.3 Å². The van der Waals surface area contributed by atoms with Crippen LogP contribution in [-0.4, -0.2) is 41.1 Å². The molecule has 0 saturated heterocycles. The van der Waals surface area contributed by atoms with Crippen molar-refractivity contribution in [2.24, 2.45) is 3.96 Å². The first-order valence-corrected chi connectivity index (χ1v) is 11.7. The van der Waals surface area contributed by atoms with Gasteiger partial charge < -0.3 is 0 Å². The summed E-state index contributed by atoms with van der Waals surface area (Å²) >= 11 is -3.23. The minimum absolute atomic E-state index is 0.0774. The van der Waals surface area contributed by atoms with Crippen LogP contribution in [0.25, 0.3) is 0 Å². The van der Waals surface area contributed by atoms with Gasteiger partial charge in [-0.15, -0.1) is 0 Å². The molecule has 98 valence electrons. The average molecular weight is 337 g/mol. The second-order valence-corrected chi connectivity index (χ2v) is 17.0. The van der Waals surface area contributed by atoms with Crippen molar-refractivity contribution in [3.05, 3.63) is 0 Å². The molecule has 2 N–H and O–H groups in total. The fraction of sp³-hybridized carbons (Fsp3) is 1.00. The number of nitrogens with zero attached hydrogens (tertiary/aromatic N) is 1. The SMILES string of the molecule is CC[N](CC)[Sn]([NH2])([O]C(C)(C)C)[C](C)(C)C. The van der Waals surface area contributed by atoms with E-state index in [1.807, 2.05) is 0 Å². The molecule has 16 heavy (non-hydrogen) atoms. The second kappa shape index (κ2) is 5.55. The van der Waals surface area contributed by atoms with E-state index in [9.17, 15) is 0 Å². The van der Waals surface area contributed by atoms with Gasteiger partial charge in [0.15, 0.2) is 0 Å². The zero-order valence-corrected chi connectivity index (χ0v) is 15.2. The first-order valence-electron chi connectivity index (χ1n) is 6.22. The molecule has 3 nitrogen and oxygen atoms in total. The quantitative estimate of drug-likeness (QED) is 0.802. The number of nitrogens with two attached hydrogens (primary N) is 1. The molecule has 0 aromatic rings. The molecular weight excluding hydrogens is 307 g/mol. The molecule has 0 aromatic carbocycles. The third kappa shape index (κ3) is 4.17. The van der Waals surface area contributed by atoms with Crippen LogP contribution in [-0.2, 0) is 3.07 Å². The molecule has 1 unspecified atom stereocenters. The molecule has 0 radical (unpaired) electrons. The molecule has 4 heteroatoms. The van der Waals surface area contributed by atoms with E-state index < -0.39 is 19.3 Å². The Bertz CT molecular complexity index is 216. The van der Waals surface area contributed by atoms with Gasteiger partial charge in [-0.25, -0.2) is 0 Å². The fourth-order valence-corrected chi connectivity index (χ4v) is 11.1. The Morgan fingerprint density at radius 3 is 1.56 bits per heavy atom. The van der Waals surface area contributed by atoms with Crippen molar-refractivity contribution in [1.82, 2.24) is 3.12 Å². The van der Waals surface area contributed by atoms with Crippen molar-refractivity contribution < 1.29 is 3.07 Å². The summed E-state index contributed by atoms with van der Waals surface area (Å²) in [7, 11) is 0. The Morgan fingerprint density at radius 2 is 1.38 bits per heavy atom. The molecule has 0 aromatic heterocycles. The van der Waals surface area contributed by atoms with Crippen molar-refractivity contribution in [2.45, 2.75) is 64.4 Å². The fourth-order valence-electron chi connectivity index (χ4n) is 1.85. The normalized spacial score (nSPS) is 17.6. The van der Waals surface area contributed by atoms with Gasteiger partial charge in [0.05, 0.1) is 0 Å². The summed E-state index contributed by atoms with van der Waals surface area (Å²) in [5, 5.41) is 0. The molecule has 0 fully saturated rings.